The minimum Gasteiger partial charge on any atom is -0.357 e. The number of para-hydroxylation sites is 1. The molecule has 2 heterocycles. The van der Waals surface area contributed by atoms with Gasteiger partial charge in [-0.1, -0.05) is 12.1 Å². The molecule has 1 aliphatic heterocycles. The largest absolute Gasteiger partial charge is 0.357 e. The number of benzene rings is 1. The average molecular weight is 334 g/mol. The Morgan fingerprint density at radius 2 is 2.09 bits per heavy atom. The van der Waals surface area contributed by atoms with Crippen molar-refractivity contribution in [1.82, 2.24) is 10.3 Å². The minimum atomic E-state index is -2.97. The van der Waals surface area contributed by atoms with Gasteiger partial charge in [-0.05, 0) is 24.5 Å². The zero-order valence-electron chi connectivity index (χ0n) is 12.5. The van der Waals surface area contributed by atoms with Crippen molar-refractivity contribution in [2.45, 2.75) is 19.4 Å². The molecular weight excluding hydrogens is 316 g/mol. The molecule has 2 N–H and O–H groups in total. The van der Waals surface area contributed by atoms with Crippen LogP contribution in [0.2, 0.25) is 0 Å². The molecule has 1 saturated heterocycles. The smallest absolute Gasteiger partial charge is 0.220 e. The lowest BCUT2D eigenvalue weighted by atomic mass is 10.1. The standard InChI is InChI=1S/C16H18N2O4S/c19-15-8-12(18-14-4-2-1-3-13(14)15)9-17-16(20)7-11-5-6-23(21,22)10-11/h1-4,8,11H,5-7,9-10H2,(H,17,20)(H,18,19). The van der Waals surface area contributed by atoms with Gasteiger partial charge in [-0.3, -0.25) is 9.59 Å². The van der Waals surface area contributed by atoms with Crippen LogP contribution in [0.25, 0.3) is 10.9 Å². The molecule has 1 aromatic carbocycles. The summed E-state index contributed by atoms with van der Waals surface area (Å²) >= 11 is 0. The van der Waals surface area contributed by atoms with E-state index >= 15 is 0 Å². The van der Waals surface area contributed by atoms with E-state index in [2.05, 4.69) is 10.3 Å². The molecule has 1 fully saturated rings. The van der Waals surface area contributed by atoms with Crippen LogP contribution in [-0.2, 0) is 21.2 Å². The van der Waals surface area contributed by atoms with Crippen LogP contribution in [0.5, 0.6) is 0 Å². The van der Waals surface area contributed by atoms with E-state index in [0.29, 0.717) is 17.5 Å². The summed E-state index contributed by atoms with van der Waals surface area (Å²) in [5.41, 5.74) is 1.26. The van der Waals surface area contributed by atoms with Crippen molar-refractivity contribution in [3.8, 4) is 0 Å². The number of amides is 1. The molecule has 0 saturated carbocycles. The summed E-state index contributed by atoms with van der Waals surface area (Å²) in [6, 6.07) is 8.67. The Morgan fingerprint density at radius 1 is 1.30 bits per heavy atom. The number of H-pyrrole nitrogens is 1. The number of pyridine rings is 1. The summed E-state index contributed by atoms with van der Waals surface area (Å²) < 4.78 is 22.8. The van der Waals surface area contributed by atoms with Crippen LogP contribution in [0.3, 0.4) is 0 Å². The lowest BCUT2D eigenvalue weighted by molar-refractivity contribution is -0.122. The van der Waals surface area contributed by atoms with Crippen molar-refractivity contribution in [1.29, 1.82) is 0 Å². The fourth-order valence-corrected chi connectivity index (χ4v) is 4.77. The normalized spacial score (nSPS) is 19.7. The van der Waals surface area contributed by atoms with Crippen LogP contribution < -0.4 is 10.7 Å². The third-order valence-corrected chi connectivity index (χ3v) is 5.91. The van der Waals surface area contributed by atoms with Gasteiger partial charge >= 0.3 is 0 Å². The quantitative estimate of drug-likeness (QED) is 0.871. The SMILES string of the molecule is O=C(CC1CCS(=O)(=O)C1)NCc1cc(=O)c2ccccc2[nH]1. The van der Waals surface area contributed by atoms with E-state index in [-0.39, 0.29) is 41.7 Å². The Balaban J connectivity index is 1.62. The number of hydrogen-bond donors (Lipinski definition) is 2. The first-order valence-electron chi connectivity index (χ1n) is 7.51. The van der Waals surface area contributed by atoms with E-state index in [1.165, 1.54) is 6.07 Å². The molecule has 23 heavy (non-hydrogen) atoms. The number of aromatic amines is 1. The predicted octanol–water partition coefficient (Wildman–Crippen LogP) is 0.969. The van der Waals surface area contributed by atoms with Crippen LogP contribution >= 0.6 is 0 Å². The van der Waals surface area contributed by atoms with E-state index < -0.39 is 9.84 Å². The zero-order valence-corrected chi connectivity index (χ0v) is 13.4. The van der Waals surface area contributed by atoms with E-state index in [1.54, 1.807) is 12.1 Å². The number of carbonyl (C=O) groups excluding carboxylic acids is 1. The van der Waals surface area contributed by atoms with Crippen molar-refractivity contribution in [2.24, 2.45) is 5.92 Å². The molecule has 1 aromatic heterocycles. The van der Waals surface area contributed by atoms with E-state index in [1.807, 2.05) is 12.1 Å². The Hall–Kier alpha value is -2.15. The molecule has 0 bridgehead atoms. The number of aromatic nitrogens is 1. The second kappa shape index (κ2) is 6.16. The van der Waals surface area contributed by atoms with Crippen molar-refractivity contribution in [3.05, 3.63) is 46.2 Å². The van der Waals surface area contributed by atoms with Gasteiger partial charge in [0.15, 0.2) is 15.3 Å². The summed E-state index contributed by atoms with van der Waals surface area (Å²) in [7, 11) is -2.97. The monoisotopic (exact) mass is 334 g/mol. The first kappa shape index (κ1) is 15.7. The third kappa shape index (κ3) is 3.79. The maximum atomic E-state index is 12.0. The van der Waals surface area contributed by atoms with Crippen molar-refractivity contribution in [2.75, 3.05) is 11.5 Å². The molecule has 3 rings (SSSR count). The minimum absolute atomic E-state index is 0.0905. The van der Waals surface area contributed by atoms with Gasteiger partial charge in [0.25, 0.3) is 0 Å². The molecular formula is C16H18N2O4S. The van der Waals surface area contributed by atoms with Gasteiger partial charge in [-0.25, -0.2) is 8.42 Å². The molecule has 0 aliphatic carbocycles. The fraction of sp³-hybridized carbons (Fsp3) is 0.375. The Kier molecular flexibility index (Phi) is 4.21. The summed E-state index contributed by atoms with van der Waals surface area (Å²) in [6.07, 6.45) is 0.750. The molecule has 1 aliphatic rings. The molecule has 6 nitrogen and oxygen atoms in total. The maximum Gasteiger partial charge on any atom is 0.220 e. The van der Waals surface area contributed by atoms with Crippen LogP contribution in [-0.4, -0.2) is 30.8 Å². The topological polar surface area (TPSA) is 96.1 Å². The molecule has 1 atom stereocenters. The van der Waals surface area contributed by atoms with Crippen LogP contribution in [0.4, 0.5) is 0 Å². The van der Waals surface area contributed by atoms with Gasteiger partial charge in [-0.2, -0.15) is 0 Å². The van der Waals surface area contributed by atoms with Gasteiger partial charge in [-0.15, -0.1) is 0 Å². The highest BCUT2D eigenvalue weighted by Crippen LogP contribution is 2.21. The zero-order chi connectivity index (χ0) is 16.4. The average Bonchev–Trinajstić information content (AvgIpc) is 2.84. The van der Waals surface area contributed by atoms with Gasteiger partial charge in [0.05, 0.1) is 18.1 Å². The molecule has 7 heteroatoms. The van der Waals surface area contributed by atoms with E-state index in [9.17, 15) is 18.0 Å². The number of hydrogen-bond acceptors (Lipinski definition) is 4. The van der Waals surface area contributed by atoms with Crippen molar-refractivity contribution >= 4 is 26.6 Å². The lowest BCUT2D eigenvalue weighted by Crippen LogP contribution is -2.26. The molecule has 0 spiro atoms. The second-order valence-corrected chi connectivity index (χ2v) is 8.18. The van der Waals surface area contributed by atoms with Gasteiger partial charge in [0, 0.05) is 29.1 Å². The fourth-order valence-electron chi connectivity index (χ4n) is 2.91. The summed E-state index contributed by atoms with van der Waals surface area (Å²) in [4.78, 5) is 27.0. The second-order valence-electron chi connectivity index (χ2n) is 5.95. The van der Waals surface area contributed by atoms with Crippen molar-refractivity contribution < 1.29 is 13.2 Å². The Bertz CT molecular complexity index is 902. The summed E-state index contributed by atoms with van der Waals surface area (Å²) in [6.45, 7) is 0.221. The Labute approximate surface area is 133 Å². The maximum absolute atomic E-state index is 12.0. The number of nitrogens with one attached hydrogen (secondary N) is 2. The van der Waals surface area contributed by atoms with Crippen LogP contribution in [0.15, 0.2) is 35.1 Å². The van der Waals surface area contributed by atoms with Gasteiger partial charge in [0.1, 0.15) is 0 Å². The lowest BCUT2D eigenvalue weighted by Gasteiger charge is -2.09. The van der Waals surface area contributed by atoms with Gasteiger partial charge < -0.3 is 10.3 Å². The molecule has 0 radical (unpaired) electrons. The van der Waals surface area contributed by atoms with Crippen LogP contribution in [0.1, 0.15) is 18.5 Å². The number of carbonyl (C=O) groups is 1. The third-order valence-electron chi connectivity index (χ3n) is 4.07. The molecule has 1 unspecified atom stereocenters. The first-order valence-corrected chi connectivity index (χ1v) is 9.33. The highest BCUT2D eigenvalue weighted by atomic mass is 32.2. The number of fused-ring (bicyclic) bond motifs is 1. The molecule has 1 amide bonds. The van der Waals surface area contributed by atoms with Gasteiger partial charge in [0.2, 0.25) is 5.91 Å². The predicted molar refractivity (Wildman–Crippen MR) is 87.8 cm³/mol. The summed E-state index contributed by atoms with van der Waals surface area (Å²) in [5.74, 6) is -0.0346. The highest BCUT2D eigenvalue weighted by molar-refractivity contribution is 7.91. The van der Waals surface area contributed by atoms with E-state index in [4.69, 9.17) is 0 Å². The summed E-state index contributed by atoms with van der Waals surface area (Å²) in [5, 5.41) is 3.35. The number of sulfone groups is 1. The molecule has 122 valence electrons. The molecule has 2 aromatic rings. The van der Waals surface area contributed by atoms with E-state index in [0.717, 1.165) is 5.52 Å². The highest BCUT2D eigenvalue weighted by Gasteiger charge is 2.29. The number of rotatable bonds is 4. The first-order chi connectivity index (χ1) is 10.9. The van der Waals surface area contributed by atoms with Crippen molar-refractivity contribution in [3.63, 3.8) is 0 Å². The Morgan fingerprint density at radius 3 is 2.83 bits per heavy atom. The van der Waals surface area contributed by atoms with Crippen LogP contribution in [0, 0.1) is 5.92 Å².